The summed E-state index contributed by atoms with van der Waals surface area (Å²) in [5.41, 5.74) is 7.25. The first kappa shape index (κ1) is 28.1. The highest BCUT2D eigenvalue weighted by Crippen LogP contribution is 2.53. The Morgan fingerprint density at radius 1 is 0.644 bits per heavy atom. The molecule has 0 saturated heterocycles. The minimum Gasteiger partial charge on any atom is -0.493 e. The average Bonchev–Trinajstić information content (AvgIpc) is 3.53. The van der Waals surface area contributed by atoms with Crippen LogP contribution in [0.1, 0.15) is 45.5 Å². The average molecular weight is 607 g/mol. The monoisotopic (exact) mass is 606 g/mol. The first-order valence-corrected chi connectivity index (χ1v) is 15.7. The van der Waals surface area contributed by atoms with E-state index < -0.39 is 0 Å². The first-order valence-electron chi connectivity index (χ1n) is 15.7. The van der Waals surface area contributed by atoms with Crippen LogP contribution in [0.4, 0.5) is 0 Å². The number of methoxy groups -OCH3 is 2. The van der Waals surface area contributed by atoms with E-state index in [1.807, 2.05) is 6.07 Å². The van der Waals surface area contributed by atoms with Crippen LogP contribution >= 0.6 is 0 Å². The van der Waals surface area contributed by atoms with Gasteiger partial charge in [0.1, 0.15) is 5.75 Å². The summed E-state index contributed by atoms with van der Waals surface area (Å²) in [5.74, 6) is 5.66. The molecule has 0 fully saturated rings. The molecule has 0 spiro atoms. The third-order valence-electron chi connectivity index (χ3n) is 9.84. The van der Waals surface area contributed by atoms with E-state index in [1.54, 1.807) is 14.2 Å². The first-order chi connectivity index (χ1) is 22.0. The summed E-state index contributed by atoms with van der Waals surface area (Å²) in [5, 5.41) is 0. The maximum Gasteiger partial charge on any atom is 0.231 e. The highest BCUT2D eigenvalue weighted by atomic mass is 16.7. The van der Waals surface area contributed by atoms with E-state index in [9.17, 15) is 0 Å². The van der Waals surface area contributed by atoms with Crippen LogP contribution < -0.4 is 28.4 Å². The molecule has 8 nitrogen and oxygen atoms in total. The largest absolute Gasteiger partial charge is 0.493 e. The third-order valence-corrected chi connectivity index (χ3v) is 9.84. The standard InChI is InChI=1S/C37H38N2O6/c1-38-13-11-24-18-31(41-4)33-20-27(24)28(38)15-22-5-8-26(9-6-22)44-32-17-23(7-10-30(32)40-3)16-29-35-25(12-14-39(29)2)19-34-36(37(35)45-33)43-21-42-34/h5-10,17-20,28-29H,11-16,21H2,1-4H3. The summed E-state index contributed by atoms with van der Waals surface area (Å²) >= 11 is 0. The van der Waals surface area contributed by atoms with Crippen molar-refractivity contribution < 1.29 is 28.4 Å². The molecule has 232 valence electrons. The molecule has 4 aromatic rings. The highest BCUT2D eigenvalue weighted by molar-refractivity contribution is 5.64. The molecule has 0 radical (unpaired) electrons. The number of hydrogen-bond acceptors (Lipinski definition) is 8. The minimum atomic E-state index is 0.0279. The molecule has 5 heterocycles. The molecule has 9 rings (SSSR count). The van der Waals surface area contributed by atoms with Gasteiger partial charge in [0.2, 0.25) is 12.5 Å². The number of nitrogens with zero attached hydrogens (tertiary/aromatic N) is 2. The second-order valence-electron chi connectivity index (χ2n) is 12.4. The van der Waals surface area contributed by atoms with Gasteiger partial charge < -0.3 is 28.4 Å². The molecule has 4 aromatic carbocycles. The Labute approximate surface area is 264 Å². The van der Waals surface area contributed by atoms with Crippen molar-refractivity contribution in [3.8, 4) is 46.0 Å². The maximum atomic E-state index is 7.01. The Bertz CT molecular complexity index is 1770. The Kier molecular flexibility index (Phi) is 6.99. The molecule has 45 heavy (non-hydrogen) atoms. The SMILES string of the molecule is COc1ccc2cc1Oc1ccc(cc1)CC1c3cc(c(OC)cc3CCN1C)Oc1c3c(cc4c1C(C2)N(C)CC4)OCO3. The molecule has 0 aromatic heterocycles. The van der Waals surface area contributed by atoms with Gasteiger partial charge in [0.05, 0.1) is 14.2 Å². The van der Waals surface area contributed by atoms with Crippen molar-refractivity contribution >= 4 is 0 Å². The summed E-state index contributed by atoms with van der Waals surface area (Å²) < 4.78 is 37.2. The normalized spacial score (nSPS) is 20.4. The van der Waals surface area contributed by atoms with Gasteiger partial charge in [-0.25, -0.2) is 0 Å². The molecule has 0 aliphatic carbocycles. The number of likely N-dealkylation sites (N-methyl/N-ethyl adjacent to an activating group) is 2. The minimum absolute atomic E-state index is 0.0279. The van der Waals surface area contributed by atoms with Crippen LogP contribution in [0, 0.1) is 0 Å². The quantitative estimate of drug-likeness (QED) is 0.245. The van der Waals surface area contributed by atoms with Crippen molar-refractivity contribution in [2.75, 3.05) is 48.2 Å². The molecule has 0 N–H and O–H groups in total. The molecule has 0 saturated carbocycles. The van der Waals surface area contributed by atoms with Crippen molar-refractivity contribution in [3.63, 3.8) is 0 Å². The fraction of sp³-hybridized carbons (Fsp3) is 0.351. The number of rotatable bonds is 2. The lowest BCUT2D eigenvalue weighted by molar-refractivity contribution is 0.171. The molecule has 5 aliphatic heterocycles. The third kappa shape index (κ3) is 4.93. The smallest absolute Gasteiger partial charge is 0.231 e. The van der Waals surface area contributed by atoms with Gasteiger partial charge in [0.15, 0.2) is 34.5 Å². The summed E-state index contributed by atoms with van der Waals surface area (Å²) in [6.45, 7) is 2.05. The van der Waals surface area contributed by atoms with Gasteiger partial charge in [-0.05, 0) is 110 Å². The fourth-order valence-corrected chi connectivity index (χ4v) is 7.33. The van der Waals surface area contributed by atoms with Crippen molar-refractivity contribution in [2.24, 2.45) is 0 Å². The molecule has 0 amide bonds. The van der Waals surface area contributed by atoms with Crippen molar-refractivity contribution in [1.29, 1.82) is 0 Å². The van der Waals surface area contributed by atoms with E-state index >= 15 is 0 Å². The lowest BCUT2D eigenvalue weighted by atomic mass is 9.87. The van der Waals surface area contributed by atoms with Crippen LogP contribution in [-0.2, 0) is 25.7 Å². The fourth-order valence-electron chi connectivity index (χ4n) is 7.33. The maximum absolute atomic E-state index is 7.01. The molecular weight excluding hydrogens is 568 g/mol. The Hall–Kier alpha value is -4.40. The van der Waals surface area contributed by atoms with Crippen molar-refractivity contribution in [3.05, 3.63) is 94.0 Å². The van der Waals surface area contributed by atoms with E-state index in [0.29, 0.717) is 28.7 Å². The summed E-state index contributed by atoms with van der Waals surface area (Å²) in [7, 11) is 7.77. The van der Waals surface area contributed by atoms with Crippen molar-refractivity contribution in [1.82, 2.24) is 9.80 Å². The van der Waals surface area contributed by atoms with Crippen LogP contribution in [0.3, 0.4) is 0 Å². The van der Waals surface area contributed by atoms with E-state index in [4.69, 9.17) is 28.4 Å². The van der Waals surface area contributed by atoms with Crippen LogP contribution in [0.25, 0.3) is 0 Å². The summed E-state index contributed by atoms with van der Waals surface area (Å²) in [6.07, 6.45) is 3.43. The second kappa shape index (κ2) is 11.2. The van der Waals surface area contributed by atoms with Gasteiger partial charge in [-0.1, -0.05) is 18.2 Å². The van der Waals surface area contributed by atoms with E-state index in [-0.39, 0.29) is 18.9 Å². The van der Waals surface area contributed by atoms with Gasteiger partial charge >= 0.3 is 0 Å². The zero-order chi connectivity index (χ0) is 30.7. The Morgan fingerprint density at radius 3 is 2.16 bits per heavy atom. The molecule has 2 unspecified atom stereocenters. The van der Waals surface area contributed by atoms with Gasteiger partial charge in [0.25, 0.3) is 0 Å². The van der Waals surface area contributed by atoms with Crippen LogP contribution in [0.2, 0.25) is 0 Å². The lowest BCUT2D eigenvalue weighted by Gasteiger charge is -2.37. The zero-order valence-electron chi connectivity index (χ0n) is 26.2. The van der Waals surface area contributed by atoms with Crippen LogP contribution in [-0.4, -0.2) is 58.0 Å². The van der Waals surface area contributed by atoms with E-state index in [0.717, 1.165) is 67.1 Å². The van der Waals surface area contributed by atoms with Crippen LogP contribution in [0.5, 0.6) is 46.0 Å². The Balaban J connectivity index is 1.34. The number of ether oxygens (including phenoxy) is 6. The van der Waals surface area contributed by atoms with Crippen molar-refractivity contribution in [2.45, 2.75) is 37.8 Å². The number of benzene rings is 4. The summed E-state index contributed by atoms with van der Waals surface area (Å²) in [6, 6.07) is 21.3. The van der Waals surface area contributed by atoms with Gasteiger partial charge in [-0.3, -0.25) is 9.80 Å². The predicted octanol–water partition coefficient (Wildman–Crippen LogP) is 6.87. The van der Waals surface area contributed by atoms with Crippen LogP contribution in [0.15, 0.2) is 60.7 Å². The van der Waals surface area contributed by atoms with E-state index in [1.165, 1.54) is 22.3 Å². The van der Waals surface area contributed by atoms with Gasteiger partial charge in [-0.2, -0.15) is 0 Å². The van der Waals surface area contributed by atoms with E-state index in [2.05, 4.69) is 78.5 Å². The molecular formula is C37H38N2O6. The number of hydrogen-bond donors (Lipinski definition) is 0. The Morgan fingerprint density at radius 2 is 1.36 bits per heavy atom. The number of fused-ring (bicyclic) bond motifs is 3. The predicted molar refractivity (Wildman–Crippen MR) is 171 cm³/mol. The topological polar surface area (TPSA) is 61.9 Å². The van der Waals surface area contributed by atoms with Gasteiger partial charge in [-0.15, -0.1) is 0 Å². The zero-order valence-corrected chi connectivity index (χ0v) is 26.2. The highest BCUT2D eigenvalue weighted by Gasteiger charge is 2.36. The molecule has 2 atom stereocenters. The molecule has 8 heteroatoms. The molecule has 5 aliphatic rings. The van der Waals surface area contributed by atoms with Gasteiger partial charge in [0, 0.05) is 30.7 Å². The molecule has 6 bridgehead atoms. The summed E-state index contributed by atoms with van der Waals surface area (Å²) in [4.78, 5) is 4.83. The second-order valence-corrected chi connectivity index (χ2v) is 12.4. The lowest BCUT2D eigenvalue weighted by Crippen LogP contribution is -2.34.